The molecule has 0 saturated heterocycles. The number of carboxylic acid groups (broad SMARTS) is 1. The molecule has 0 fully saturated rings. The second-order valence-electron chi connectivity index (χ2n) is 6.22. The summed E-state index contributed by atoms with van der Waals surface area (Å²) in [5, 5.41) is 16.2. The topological polar surface area (TPSA) is 98.3 Å². The minimum atomic E-state index is -1.31. The van der Waals surface area contributed by atoms with Crippen molar-refractivity contribution in [1.82, 2.24) is 5.32 Å². The maximum atomic E-state index is 12.9. The van der Waals surface area contributed by atoms with Crippen LogP contribution in [0.2, 0.25) is 0 Å². The lowest BCUT2D eigenvalue weighted by Crippen LogP contribution is -2.31. The summed E-state index contributed by atoms with van der Waals surface area (Å²) in [5.74, 6) is -2.31. The van der Waals surface area contributed by atoms with Gasteiger partial charge >= 0.3 is 0 Å². The van der Waals surface area contributed by atoms with Crippen molar-refractivity contribution in [3.63, 3.8) is 0 Å². The van der Waals surface area contributed by atoms with Gasteiger partial charge in [0.15, 0.2) is 0 Å². The molecule has 0 atom stereocenters. The third-order valence-corrected chi connectivity index (χ3v) is 4.79. The normalized spacial score (nSPS) is 10.9. The van der Waals surface area contributed by atoms with Crippen LogP contribution in [0.3, 0.4) is 0 Å². The molecule has 7 heteroatoms. The summed E-state index contributed by atoms with van der Waals surface area (Å²) >= 11 is 3.33. The number of aromatic carboxylic acids is 1. The molecule has 0 aliphatic heterocycles. The van der Waals surface area contributed by atoms with E-state index in [9.17, 15) is 19.5 Å². The number of benzene rings is 3. The van der Waals surface area contributed by atoms with Crippen LogP contribution in [-0.2, 0) is 4.79 Å². The molecule has 0 aliphatic rings. The Kier molecular flexibility index (Phi) is 6.77. The Bertz CT molecular complexity index is 1110. The Morgan fingerprint density at radius 1 is 0.833 bits per heavy atom. The minimum absolute atomic E-state index is 0.00437. The quantitative estimate of drug-likeness (QED) is 0.548. The predicted molar refractivity (Wildman–Crippen MR) is 115 cm³/mol. The molecule has 0 unspecified atom stereocenters. The Morgan fingerprint density at radius 3 is 2.10 bits per heavy atom. The summed E-state index contributed by atoms with van der Waals surface area (Å²) in [6, 6.07) is 21.5. The lowest BCUT2D eigenvalue weighted by atomic mass is 10.1. The van der Waals surface area contributed by atoms with Crippen molar-refractivity contribution in [2.75, 3.05) is 5.32 Å². The number of amides is 2. The molecule has 150 valence electrons. The zero-order valence-corrected chi connectivity index (χ0v) is 17.2. The van der Waals surface area contributed by atoms with Gasteiger partial charge in [0.05, 0.1) is 11.5 Å². The van der Waals surface area contributed by atoms with Gasteiger partial charge in [-0.3, -0.25) is 9.59 Å². The molecule has 30 heavy (non-hydrogen) atoms. The summed E-state index contributed by atoms with van der Waals surface area (Å²) in [6.07, 6.45) is 1.56. The summed E-state index contributed by atoms with van der Waals surface area (Å²) in [6.45, 7) is 0. The van der Waals surface area contributed by atoms with Gasteiger partial charge in [0.25, 0.3) is 11.8 Å². The van der Waals surface area contributed by atoms with Gasteiger partial charge in [-0.1, -0.05) is 54.6 Å². The summed E-state index contributed by atoms with van der Waals surface area (Å²) in [5.41, 5.74) is 1.50. The number of carboxylic acids is 1. The van der Waals surface area contributed by atoms with E-state index < -0.39 is 17.8 Å². The third-order valence-electron chi connectivity index (χ3n) is 4.10. The maximum absolute atomic E-state index is 12.9. The fourth-order valence-electron chi connectivity index (χ4n) is 2.60. The maximum Gasteiger partial charge on any atom is 0.272 e. The summed E-state index contributed by atoms with van der Waals surface area (Å²) in [4.78, 5) is 36.4. The van der Waals surface area contributed by atoms with Crippen molar-refractivity contribution in [2.24, 2.45) is 0 Å². The first-order valence-electron chi connectivity index (χ1n) is 8.89. The number of carbonyl (C=O) groups excluding carboxylic acids is 3. The smallest absolute Gasteiger partial charge is 0.272 e. The highest BCUT2D eigenvalue weighted by Gasteiger charge is 2.16. The highest BCUT2D eigenvalue weighted by Crippen LogP contribution is 2.17. The number of rotatable bonds is 6. The number of hydrogen-bond donors (Lipinski definition) is 2. The molecule has 0 saturated carbocycles. The second kappa shape index (κ2) is 9.67. The number of halogens is 1. The van der Waals surface area contributed by atoms with Crippen molar-refractivity contribution in [3.05, 3.63) is 106 Å². The number of carbonyl (C=O) groups is 3. The van der Waals surface area contributed by atoms with Gasteiger partial charge in [0.1, 0.15) is 5.70 Å². The van der Waals surface area contributed by atoms with Crippen molar-refractivity contribution < 1.29 is 19.5 Å². The Morgan fingerprint density at radius 2 is 1.47 bits per heavy atom. The van der Waals surface area contributed by atoms with Crippen LogP contribution in [-0.4, -0.2) is 17.8 Å². The van der Waals surface area contributed by atoms with Gasteiger partial charge in [-0.15, -0.1) is 0 Å². The summed E-state index contributed by atoms with van der Waals surface area (Å²) < 4.78 is 0.597. The second-order valence-corrected chi connectivity index (χ2v) is 7.08. The standard InChI is InChI=1S/C23H17BrN2O4/c24-19-9-5-4-8-18(19)21(27)26-20(14-15-6-2-1-3-7-15)22(28)25-17-12-10-16(11-13-17)23(29)30/h1-14H,(H,25,28)(H,26,27)(H,29,30)/p-1/b20-14-. The average Bonchev–Trinajstić information content (AvgIpc) is 2.74. The molecule has 2 amide bonds. The molecule has 0 bridgehead atoms. The highest BCUT2D eigenvalue weighted by molar-refractivity contribution is 9.10. The van der Waals surface area contributed by atoms with E-state index in [1.54, 1.807) is 42.5 Å². The minimum Gasteiger partial charge on any atom is -0.545 e. The molecule has 0 aromatic heterocycles. The predicted octanol–water partition coefficient (Wildman–Crippen LogP) is 3.22. The van der Waals surface area contributed by atoms with Crippen LogP contribution in [0.15, 0.2) is 89.0 Å². The SMILES string of the molecule is O=C(Nc1ccc(C(=O)[O-])cc1)/C(=C/c1ccccc1)NC(=O)c1ccccc1Br. The van der Waals surface area contributed by atoms with Gasteiger partial charge in [0, 0.05) is 10.2 Å². The number of anilines is 1. The van der Waals surface area contributed by atoms with Crippen molar-refractivity contribution >= 4 is 45.5 Å². The van der Waals surface area contributed by atoms with E-state index >= 15 is 0 Å². The first-order valence-corrected chi connectivity index (χ1v) is 9.69. The molecular formula is C23H16BrN2O4-. The van der Waals surface area contributed by atoms with E-state index in [0.29, 0.717) is 15.7 Å². The zero-order chi connectivity index (χ0) is 21.5. The monoisotopic (exact) mass is 463 g/mol. The molecule has 3 rings (SSSR count). The lowest BCUT2D eigenvalue weighted by Gasteiger charge is -2.12. The highest BCUT2D eigenvalue weighted by atomic mass is 79.9. The Labute approximate surface area is 181 Å². The van der Waals surface area contributed by atoms with Crippen LogP contribution in [0, 0.1) is 0 Å². The first kappa shape index (κ1) is 21.0. The van der Waals surface area contributed by atoms with Gasteiger partial charge in [-0.2, -0.15) is 0 Å². The molecule has 0 aliphatic carbocycles. The van der Waals surface area contributed by atoms with Gasteiger partial charge in [0.2, 0.25) is 0 Å². The van der Waals surface area contributed by atoms with E-state index in [0.717, 1.165) is 5.56 Å². The van der Waals surface area contributed by atoms with Crippen molar-refractivity contribution in [2.45, 2.75) is 0 Å². The van der Waals surface area contributed by atoms with Crippen LogP contribution in [0.5, 0.6) is 0 Å². The van der Waals surface area contributed by atoms with Gasteiger partial charge in [-0.25, -0.2) is 0 Å². The fraction of sp³-hybridized carbons (Fsp3) is 0. The molecule has 6 nitrogen and oxygen atoms in total. The number of nitrogens with one attached hydrogen (secondary N) is 2. The van der Waals surface area contributed by atoms with Gasteiger partial charge < -0.3 is 20.5 Å². The van der Waals surface area contributed by atoms with Crippen LogP contribution >= 0.6 is 15.9 Å². The molecular weight excluding hydrogens is 448 g/mol. The van der Waals surface area contributed by atoms with Crippen molar-refractivity contribution in [1.29, 1.82) is 0 Å². The molecule has 0 radical (unpaired) electrons. The molecule has 3 aromatic rings. The zero-order valence-electron chi connectivity index (χ0n) is 15.6. The van der Waals surface area contributed by atoms with Gasteiger partial charge in [-0.05, 0) is 57.4 Å². The first-order chi connectivity index (χ1) is 14.4. The van der Waals surface area contributed by atoms with Crippen LogP contribution in [0.4, 0.5) is 5.69 Å². The molecule has 0 heterocycles. The lowest BCUT2D eigenvalue weighted by molar-refractivity contribution is -0.255. The molecule has 2 N–H and O–H groups in total. The molecule has 0 spiro atoms. The van der Waals surface area contributed by atoms with E-state index in [1.165, 1.54) is 24.3 Å². The van der Waals surface area contributed by atoms with E-state index in [4.69, 9.17) is 0 Å². The van der Waals surface area contributed by atoms with E-state index in [1.807, 2.05) is 18.2 Å². The summed E-state index contributed by atoms with van der Waals surface area (Å²) in [7, 11) is 0. The van der Waals surface area contributed by atoms with E-state index in [2.05, 4.69) is 26.6 Å². The largest absolute Gasteiger partial charge is 0.545 e. The number of hydrogen-bond acceptors (Lipinski definition) is 4. The van der Waals surface area contributed by atoms with E-state index in [-0.39, 0.29) is 11.3 Å². The van der Waals surface area contributed by atoms with Crippen LogP contribution < -0.4 is 15.7 Å². The average molecular weight is 464 g/mol. The Balaban J connectivity index is 1.86. The third kappa shape index (κ3) is 5.42. The molecule has 3 aromatic carbocycles. The fourth-order valence-corrected chi connectivity index (χ4v) is 3.06. The van der Waals surface area contributed by atoms with Crippen LogP contribution in [0.25, 0.3) is 6.08 Å². The Hall–Kier alpha value is -3.71. The van der Waals surface area contributed by atoms with Crippen molar-refractivity contribution in [3.8, 4) is 0 Å². The van der Waals surface area contributed by atoms with Crippen LogP contribution in [0.1, 0.15) is 26.3 Å².